The van der Waals surface area contributed by atoms with Crippen LogP contribution in [0.4, 0.5) is 0 Å². The van der Waals surface area contributed by atoms with E-state index in [1.54, 1.807) is 0 Å². The van der Waals surface area contributed by atoms with Crippen molar-refractivity contribution in [2.75, 3.05) is 0 Å². The Morgan fingerprint density at radius 1 is 1.33 bits per heavy atom. The second kappa shape index (κ2) is 6.55. The maximum absolute atomic E-state index is 8.97. The molecule has 0 saturated heterocycles. The number of nitrogens with zero attached hydrogens (tertiary/aromatic N) is 3. The molecule has 110 valence electrons. The molecule has 2 aromatic rings. The molecule has 1 heterocycles. The van der Waals surface area contributed by atoms with Crippen LogP contribution in [0.1, 0.15) is 41.9 Å². The Balaban J connectivity index is 2.21. The number of hydrogen-bond donors (Lipinski definition) is 1. The van der Waals surface area contributed by atoms with Crippen molar-refractivity contribution in [1.29, 1.82) is 5.26 Å². The molecule has 0 aliphatic heterocycles. The number of aromatic nitrogens is 2. The van der Waals surface area contributed by atoms with Crippen LogP contribution < -0.4 is 5.32 Å². The first-order chi connectivity index (χ1) is 10.0. The topological polar surface area (TPSA) is 53.6 Å². The highest BCUT2D eigenvalue weighted by molar-refractivity contribution is 5.33. The average molecular weight is 282 g/mol. The lowest BCUT2D eigenvalue weighted by Crippen LogP contribution is -2.22. The Morgan fingerprint density at radius 2 is 2.10 bits per heavy atom. The molecule has 1 aromatic heterocycles. The molecule has 0 aliphatic carbocycles. The standard InChI is InChI=1S/C17H22N4/c1-12(2)19-10-17-13(3)20-21(14(17)4)11-16-7-5-6-15(8-16)9-18/h5-8,12,19H,10-11H2,1-4H3. The minimum atomic E-state index is 0.458. The van der Waals surface area contributed by atoms with Gasteiger partial charge in [-0.25, -0.2) is 0 Å². The Labute approximate surface area is 126 Å². The molecule has 2 rings (SSSR count). The van der Waals surface area contributed by atoms with E-state index < -0.39 is 0 Å². The van der Waals surface area contributed by atoms with Crippen LogP contribution in [-0.2, 0) is 13.1 Å². The Bertz CT molecular complexity index is 662. The quantitative estimate of drug-likeness (QED) is 0.917. The monoisotopic (exact) mass is 282 g/mol. The Kier molecular flexibility index (Phi) is 4.77. The van der Waals surface area contributed by atoms with E-state index in [1.807, 2.05) is 35.9 Å². The van der Waals surface area contributed by atoms with E-state index >= 15 is 0 Å². The summed E-state index contributed by atoms with van der Waals surface area (Å²) < 4.78 is 2.02. The van der Waals surface area contributed by atoms with Crippen molar-refractivity contribution in [3.8, 4) is 6.07 Å². The van der Waals surface area contributed by atoms with Gasteiger partial charge >= 0.3 is 0 Å². The van der Waals surface area contributed by atoms with E-state index in [9.17, 15) is 0 Å². The fraction of sp³-hybridized carbons (Fsp3) is 0.412. The Hall–Kier alpha value is -2.12. The van der Waals surface area contributed by atoms with E-state index in [2.05, 4.69) is 37.3 Å². The molecule has 4 nitrogen and oxygen atoms in total. The second-order valence-electron chi connectivity index (χ2n) is 5.65. The summed E-state index contributed by atoms with van der Waals surface area (Å²) in [6.45, 7) is 9.97. The van der Waals surface area contributed by atoms with Gasteiger partial charge in [-0.1, -0.05) is 26.0 Å². The molecular formula is C17H22N4. The summed E-state index contributed by atoms with van der Waals surface area (Å²) in [6, 6.07) is 10.3. The molecule has 0 aliphatic rings. The zero-order chi connectivity index (χ0) is 15.4. The maximum Gasteiger partial charge on any atom is 0.0991 e. The highest BCUT2D eigenvalue weighted by Crippen LogP contribution is 2.15. The van der Waals surface area contributed by atoms with Crippen molar-refractivity contribution in [3.05, 3.63) is 52.3 Å². The predicted molar refractivity (Wildman–Crippen MR) is 83.9 cm³/mol. The molecule has 0 amide bonds. The van der Waals surface area contributed by atoms with Crippen LogP contribution in [0.3, 0.4) is 0 Å². The van der Waals surface area contributed by atoms with Gasteiger partial charge in [-0.3, -0.25) is 4.68 Å². The van der Waals surface area contributed by atoms with Gasteiger partial charge in [-0.2, -0.15) is 10.4 Å². The maximum atomic E-state index is 8.97. The number of hydrogen-bond acceptors (Lipinski definition) is 3. The summed E-state index contributed by atoms with van der Waals surface area (Å²) in [7, 11) is 0. The van der Waals surface area contributed by atoms with Gasteiger partial charge in [0.05, 0.1) is 23.9 Å². The van der Waals surface area contributed by atoms with Crippen molar-refractivity contribution in [2.45, 2.75) is 46.8 Å². The van der Waals surface area contributed by atoms with Crippen LogP contribution in [0.25, 0.3) is 0 Å². The van der Waals surface area contributed by atoms with Gasteiger partial charge in [0.2, 0.25) is 0 Å². The summed E-state index contributed by atoms with van der Waals surface area (Å²) >= 11 is 0. The van der Waals surface area contributed by atoms with Crippen LogP contribution in [0.15, 0.2) is 24.3 Å². The molecule has 0 radical (unpaired) electrons. The highest BCUT2D eigenvalue weighted by Gasteiger charge is 2.12. The fourth-order valence-corrected chi connectivity index (χ4v) is 2.36. The van der Waals surface area contributed by atoms with E-state index in [1.165, 1.54) is 11.3 Å². The summed E-state index contributed by atoms with van der Waals surface area (Å²) in [5.41, 5.74) is 5.30. The average Bonchev–Trinajstić information content (AvgIpc) is 2.71. The SMILES string of the molecule is Cc1nn(Cc2cccc(C#N)c2)c(C)c1CNC(C)C. The van der Waals surface area contributed by atoms with Gasteiger partial charge in [0.1, 0.15) is 0 Å². The summed E-state index contributed by atoms with van der Waals surface area (Å²) in [6.07, 6.45) is 0. The molecule has 1 N–H and O–H groups in total. The van der Waals surface area contributed by atoms with Gasteiger partial charge in [0, 0.05) is 23.8 Å². The van der Waals surface area contributed by atoms with Crippen molar-refractivity contribution in [3.63, 3.8) is 0 Å². The molecule has 0 unspecified atom stereocenters. The number of rotatable bonds is 5. The summed E-state index contributed by atoms with van der Waals surface area (Å²) in [5, 5.41) is 17.0. The summed E-state index contributed by atoms with van der Waals surface area (Å²) in [5.74, 6) is 0. The molecule has 0 fully saturated rings. The lowest BCUT2D eigenvalue weighted by molar-refractivity contribution is 0.584. The first kappa shape index (κ1) is 15.3. The molecule has 0 atom stereocenters. The van der Waals surface area contributed by atoms with Crippen molar-refractivity contribution in [1.82, 2.24) is 15.1 Å². The zero-order valence-electron chi connectivity index (χ0n) is 13.1. The predicted octanol–water partition coefficient (Wildman–Crippen LogP) is 2.92. The highest BCUT2D eigenvalue weighted by atomic mass is 15.3. The van der Waals surface area contributed by atoms with Crippen LogP contribution in [-0.4, -0.2) is 15.8 Å². The molecule has 21 heavy (non-hydrogen) atoms. The minimum Gasteiger partial charge on any atom is -0.310 e. The van der Waals surface area contributed by atoms with Gasteiger partial charge in [-0.05, 0) is 31.5 Å². The van der Waals surface area contributed by atoms with Crippen LogP contribution >= 0.6 is 0 Å². The molecule has 0 saturated carbocycles. The lowest BCUT2D eigenvalue weighted by atomic mass is 10.1. The van der Waals surface area contributed by atoms with Crippen molar-refractivity contribution < 1.29 is 0 Å². The first-order valence-electron chi connectivity index (χ1n) is 7.26. The van der Waals surface area contributed by atoms with Crippen LogP contribution in [0.2, 0.25) is 0 Å². The van der Waals surface area contributed by atoms with Crippen LogP contribution in [0, 0.1) is 25.2 Å². The van der Waals surface area contributed by atoms with Gasteiger partial charge in [0.25, 0.3) is 0 Å². The third kappa shape index (κ3) is 3.71. The zero-order valence-corrected chi connectivity index (χ0v) is 13.1. The largest absolute Gasteiger partial charge is 0.310 e. The van der Waals surface area contributed by atoms with E-state index in [4.69, 9.17) is 5.26 Å². The van der Waals surface area contributed by atoms with E-state index in [-0.39, 0.29) is 0 Å². The smallest absolute Gasteiger partial charge is 0.0991 e. The lowest BCUT2D eigenvalue weighted by Gasteiger charge is -2.09. The molecule has 0 spiro atoms. The van der Waals surface area contributed by atoms with Crippen LogP contribution in [0.5, 0.6) is 0 Å². The number of benzene rings is 1. The van der Waals surface area contributed by atoms with E-state index in [0.29, 0.717) is 18.2 Å². The van der Waals surface area contributed by atoms with Crippen molar-refractivity contribution >= 4 is 0 Å². The molecular weight excluding hydrogens is 260 g/mol. The minimum absolute atomic E-state index is 0.458. The van der Waals surface area contributed by atoms with Gasteiger partial charge in [0.15, 0.2) is 0 Å². The molecule has 1 aromatic carbocycles. The van der Waals surface area contributed by atoms with Gasteiger partial charge in [-0.15, -0.1) is 0 Å². The third-order valence-corrected chi connectivity index (χ3v) is 3.61. The fourth-order valence-electron chi connectivity index (χ4n) is 2.36. The molecule has 0 bridgehead atoms. The molecule has 4 heteroatoms. The first-order valence-corrected chi connectivity index (χ1v) is 7.26. The van der Waals surface area contributed by atoms with Gasteiger partial charge < -0.3 is 5.32 Å². The summed E-state index contributed by atoms with van der Waals surface area (Å²) in [4.78, 5) is 0. The van der Waals surface area contributed by atoms with E-state index in [0.717, 1.165) is 17.8 Å². The van der Waals surface area contributed by atoms with Crippen molar-refractivity contribution in [2.24, 2.45) is 0 Å². The Morgan fingerprint density at radius 3 is 2.76 bits per heavy atom. The number of nitrogens with one attached hydrogen (secondary N) is 1. The normalized spacial score (nSPS) is 10.9. The number of aryl methyl sites for hydroxylation is 1. The third-order valence-electron chi connectivity index (χ3n) is 3.61. The second-order valence-corrected chi connectivity index (χ2v) is 5.65. The number of nitriles is 1.